The first-order chi connectivity index (χ1) is 7.33. The molecule has 0 fully saturated rings. The summed E-state index contributed by atoms with van der Waals surface area (Å²) in [5.41, 5.74) is 1.19. The van der Waals surface area contributed by atoms with Crippen LogP contribution in [0.15, 0.2) is 29.2 Å². The summed E-state index contributed by atoms with van der Waals surface area (Å²) in [5, 5.41) is 2.96. The zero-order valence-electron chi connectivity index (χ0n) is 8.20. The van der Waals surface area contributed by atoms with Gasteiger partial charge in [-0.3, -0.25) is 4.79 Å². The average molecular weight is 333 g/mol. The van der Waals surface area contributed by atoms with Gasteiger partial charge in [-0.25, -0.2) is 0 Å². The van der Waals surface area contributed by atoms with Crippen LogP contribution in [-0.2, 0) is 4.79 Å². The second-order valence-corrected chi connectivity index (χ2v) is 5.52. The van der Waals surface area contributed by atoms with Gasteiger partial charge in [-0.1, -0.05) is 40.8 Å². The van der Waals surface area contributed by atoms with Crippen molar-refractivity contribution in [1.82, 2.24) is 5.32 Å². The van der Waals surface area contributed by atoms with Gasteiger partial charge in [0.1, 0.15) is 0 Å². The van der Waals surface area contributed by atoms with E-state index in [1.807, 2.05) is 12.1 Å². The molecule has 0 aromatic heterocycles. The fourth-order valence-corrected chi connectivity index (χ4v) is 3.17. The summed E-state index contributed by atoms with van der Waals surface area (Å²) < 4.78 is 0.963. The van der Waals surface area contributed by atoms with Gasteiger partial charge in [-0.2, -0.15) is 0 Å². The fourth-order valence-electron chi connectivity index (χ4n) is 1.67. The fraction of sp³-hybridized carbons (Fsp3) is 0.364. The highest BCUT2D eigenvalue weighted by molar-refractivity contribution is 14.1. The molecular weight excluding hydrogens is 321 g/mol. The van der Waals surface area contributed by atoms with Crippen molar-refractivity contribution in [2.45, 2.75) is 10.8 Å². The minimum atomic E-state index is 0.0501. The molecule has 0 radical (unpaired) electrons. The minimum Gasteiger partial charge on any atom is -0.355 e. The second kappa shape index (κ2) is 5.21. The van der Waals surface area contributed by atoms with E-state index in [0.29, 0.717) is 0 Å². The van der Waals surface area contributed by atoms with Gasteiger partial charge in [0, 0.05) is 21.6 Å². The largest absolute Gasteiger partial charge is 0.355 e. The smallest absolute Gasteiger partial charge is 0.228 e. The van der Waals surface area contributed by atoms with Crippen LogP contribution in [0.1, 0.15) is 11.5 Å². The lowest BCUT2D eigenvalue weighted by Crippen LogP contribution is -2.30. The average Bonchev–Trinajstić information content (AvgIpc) is 2.69. The Hall–Kier alpha value is -0.230. The van der Waals surface area contributed by atoms with E-state index in [1.54, 1.807) is 11.8 Å². The maximum absolute atomic E-state index is 11.8. The molecule has 1 heterocycles. The van der Waals surface area contributed by atoms with Crippen molar-refractivity contribution in [3.8, 4) is 0 Å². The third-order valence-corrected chi connectivity index (χ3v) is 4.13. The molecule has 2 rings (SSSR count). The van der Waals surface area contributed by atoms with Crippen LogP contribution >= 0.6 is 34.4 Å². The van der Waals surface area contributed by atoms with Crippen molar-refractivity contribution >= 4 is 40.3 Å². The molecule has 1 aliphatic heterocycles. The predicted octanol–water partition coefficient (Wildman–Crippen LogP) is 2.43. The Labute approximate surface area is 107 Å². The highest BCUT2D eigenvalue weighted by Crippen LogP contribution is 2.39. The molecule has 1 aliphatic rings. The van der Waals surface area contributed by atoms with Crippen molar-refractivity contribution in [3.63, 3.8) is 0 Å². The van der Waals surface area contributed by atoms with Crippen LogP contribution in [0, 0.1) is 0 Å². The second-order valence-electron chi connectivity index (χ2n) is 3.38. The number of carbonyl (C=O) groups excluding carboxylic acids is 1. The van der Waals surface area contributed by atoms with Crippen molar-refractivity contribution in [3.05, 3.63) is 29.8 Å². The third kappa shape index (κ3) is 2.47. The van der Waals surface area contributed by atoms with Gasteiger partial charge in [0.05, 0.1) is 5.92 Å². The molecule has 1 unspecified atom stereocenters. The molecule has 2 nitrogen and oxygen atoms in total. The summed E-state index contributed by atoms with van der Waals surface area (Å²) in [6.07, 6.45) is 0. The molecule has 1 N–H and O–H groups in total. The topological polar surface area (TPSA) is 29.1 Å². The van der Waals surface area contributed by atoms with Crippen molar-refractivity contribution in [2.75, 3.05) is 16.7 Å². The first kappa shape index (κ1) is 11.3. The van der Waals surface area contributed by atoms with Crippen LogP contribution in [0.2, 0.25) is 0 Å². The molecule has 1 aromatic carbocycles. The lowest BCUT2D eigenvalue weighted by Gasteiger charge is -2.10. The van der Waals surface area contributed by atoms with E-state index in [2.05, 4.69) is 40.0 Å². The van der Waals surface area contributed by atoms with Crippen LogP contribution in [0.3, 0.4) is 0 Å². The molecule has 1 atom stereocenters. The van der Waals surface area contributed by atoms with Crippen LogP contribution in [0.4, 0.5) is 0 Å². The van der Waals surface area contributed by atoms with Gasteiger partial charge in [-0.05, 0) is 11.6 Å². The molecule has 80 valence electrons. The van der Waals surface area contributed by atoms with E-state index in [-0.39, 0.29) is 11.8 Å². The number of hydrogen-bond acceptors (Lipinski definition) is 2. The van der Waals surface area contributed by atoms with Crippen LogP contribution in [-0.4, -0.2) is 22.6 Å². The zero-order valence-corrected chi connectivity index (χ0v) is 11.2. The maximum atomic E-state index is 11.8. The maximum Gasteiger partial charge on any atom is 0.228 e. The van der Waals surface area contributed by atoms with E-state index >= 15 is 0 Å². The van der Waals surface area contributed by atoms with Crippen molar-refractivity contribution < 1.29 is 4.79 Å². The molecule has 0 aliphatic carbocycles. The van der Waals surface area contributed by atoms with Crippen LogP contribution in [0.5, 0.6) is 0 Å². The molecule has 1 amide bonds. The Bertz CT molecular complexity index is 369. The standard InChI is InChI=1S/C11H12INOS/c12-5-6-13-11(14)9-7-15-10-4-2-1-3-8(9)10/h1-4,9H,5-7H2,(H,13,14). The summed E-state index contributed by atoms with van der Waals surface area (Å²) in [4.78, 5) is 13.1. The number of halogens is 1. The van der Waals surface area contributed by atoms with E-state index in [9.17, 15) is 4.79 Å². The van der Waals surface area contributed by atoms with E-state index < -0.39 is 0 Å². The first-order valence-corrected chi connectivity index (χ1v) is 7.39. The Morgan fingerprint density at radius 2 is 2.33 bits per heavy atom. The predicted molar refractivity (Wildman–Crippen MR) is 71.8 cm³/mol. The van der Waals surface area contributed by atoms with E-state index in [0.717, 1.165) is 16.7 Å². The van der Waals surface area contributed by atoms with E-state index in [4.69, 9.17) is 0 Å². The number of thioether (sulfide) groups is 1. The highest BCUT2D eigenvalue weighted by atomic mass is 127. The van der Waals surface area contributed by atoms with Crippen molar-refractivity contribution in [2.24, 2.45) is 0 Å². The highest BCUT2D eigenvalue weighted by Gasteiger charge is 2.28. The number of fused-ring (bicyclic) bond motifs is 1. The summed E-state index contributed by atoms with van der Waals surface area (Å²) in [6.45, 7) is 0.767. The minimum absolute atomic E-state index is 0.0501. The van der Waals surface area contributed by atoms with Gasteiger partial charge in [0.15, 0.2) is 0 Å². The molecule has 0 spiro atoms. The number of carbonyl (C=O) groups is 1. The SMILES string of the molecule is O=C(NCCI)C1CSc2ccccc21. The van der Waals surface area contributed by atoms with Gasteiger partial charge in [0.2, 0.25) is 5.91 Å². The Kier molecular flexibility index (Phi) is 3.91. The van der Waals surface area contributed by atoms with Crippen LogP contribution < -0.4 is 5.32 Å². The third-order valence-electron chi connectivity index (χ3n) is 2.41. The molecule has 1 aromatic rings. The van der Waals surface area contributed by atoms with Crippen molar-refractivity contribution in [1.29, 1.82) is 0 Å². The number of nitrogens with one attached hydrogen (secondary N) is 1. The number of alkyl halides is 1. The number of amides is 1. The quantitative estimate of drug-likeness (QED) is 0.680. The molecular formula is C11H12INOS. The van der Waals surface area contributed by atoms with Gasteiger partial charge in [-0.15, -0.1) is 11.8 Å². The Balaban J connectivity index is 2.10. The van der Waals surface area contributed by atoms with Gasteiger partial charge < -0.3 is 5.32 Å². The lowest BCUT2D eigenvalue weighted by molar-refractivity contribution is -0.121. The summed E-state index contributed by atoms with van der Waals surface area (Å²) in [6, 6.07) is 8.18. The van der Waals surface area contributed by atoms with Gasteiger partial charge in [0.25, 0.3) is 0 Å². The van der Waals surface area contributed by atoms with E-state index in [1.165, 1.54) is 10.5 Å². The molecule has 0 saturated carbocycles. The molecule has 0 bridgehead atoms. The summed E-state index contributed by atoms with van der Waals surface area (Å²) >= 11 is 4.04. The van der Waals surface area contributed by atoms with Gasteiger partial charge >= 0.3 is 0 Å². The number of rotatable bonds is 3. The monoisotopic (exact) mass is 333 g/mol. The van der Waals surface area contributed by atoms with Crippen LogP contribution in [0.25, 0.3) is 0 Å². The molecule has 0 saturated heterocycles. The summed E-state index contributed by atoms with van der Waals surface area (Å²) in [7, 11) is 0. The summed E-state index contributed by atoms with van der Waals surface area (Å²) in [5.74, 6) is 1.10. The Morgan fingerprint density at radius 3 is 3.13 bits per heavy atom. The number of benzene rings is 1. The Morgan fingerprint density at radius 1 is 1.53 bits per heavy atom. The lowest BCUT2D eigenvalue weighted by atomic mass is 10.0. The first-order valence-electron chi connectivity index (χ1n) is 4.88. The normalized spacial score (nSPS) is 18.6. The molecule has 4 heteroatoms. The molecule has 15 heavy (non-hydrogen) atoms. The zero-order chi connectivity index (χ0) is 10.7. The number of hydrogen-bond donors (Lipinski definition) is 1.